The van der Waals surface area contributed by atoms with Gasteiger partial charge in [-0.15, -0.1) is 0 Å². The third-order valence-electron chi connectivity index (χ3n) is 5.34. The van der Waals surface area contributed by atoms with Crippen LogP contribution in [0.2, 0.25) is 0 Å². The molecule has 0 aromatic heterocycles. The van der Waals surface area contributed by atoms with Crippen molar-refractivity contribution >= 4 is 38.3 Å². The van der Waals surface area contributed by atoms with Gasteiger partial charge in [0.05, 0.1) is 6.61 Å². The van der Waals surface area contributed by atoms with Crippen molar-refractivity contribution < 1.29 is 9.53 Å². The molecule has 0 N–H and O–H groups in total. The SMILES string of the molecule is CCCCCCOc1ccc(PC(=O)c2c(C)cc(C(C)(C)C)cc2C)c(C)c1.[LiH]. The molecule has 2 nitrogen and oxygen atoms in total. The van der Waals surface area contributed by atoms with Gasteiger partial charge in [-0.2, -0.15) is 0 Å². The Kier molecular flexibility index (Phi) is 10.9. The van der Waals surface area contributed by atoms with Crippen LogP contribution in [0.15, 0.2) is 30.3 Å². The van der Waals surface area contributed by atoms with E-state index in [9.17, 15) is 4.79 Å². The van der Waals surface area contributed by atoms with Crippen LogP contribution in [0.5, 0.6) is 5.75 Å². The van der Waals surface area contributed by atoms with Gasteiger partial charge in [0.1, 0.15) is 5.75 Å². The van der Waals surface area contributed by atoms with Gasteiger partial charge in [-0.05, 0) is 80.9 Å². The molecule has 0 saturated heterocycles. The first-order valence-electron chi connectivity index (χ1n) is 10.8. The van der Waals surface area contributed by atoms with Gasteiger partial charge >= 0.3 is 18.9 Å². The first kappa shape index (κ1) is 27.0. The number of ether oxygens (including phenoxy) is 1. The van der Waals surface area contributed by atoms with E-state index in [0.29, 0.717) is 0 Å². The number of aryl methyl sites for hydroxylation is 3. The molecule has 2 aromatic carbocycles. The van der Waals surface area contributed by atoms with Crippen molar-refractivity contribution in [2.45, 2.75) is 79.6 Å². The summed E-state index contributed by atoms with van der Waals surface area (Å²) in [5.74, 6) is 0.905. The summed E-state index contributed by atoms with van der Waals surface area (Å²) in [5.41, 5.74) is 5.76. The Bertz CT molecular complexity index is 830. The molecule has 0 spiro atoms. The number of carbonyl (C=O) groups is 1. The Morgan fingerprint density at radius 2 is 1.57 bits per heavy atom. The number of carbonyl (C=O) groups excluding carboxylic acids is 1. The van der Waals surface area contributed by atoms with E-state index in [4.69, 9.17) is 4.74 Å². The van der Waals surface area contributed by atoms with Gasteiger partial charge in [-0.25, -0.2) is 0 Å². The number of hydrogen-bond acceptors (Lipinski definition) is 2. The monoisotopic (exact) mass is 420 g/mol. The van der Waals surface area contributed by atoms with Crippen LogP contribution in [0.3, 0.4) is 0 Å². The van der Waals surface area contributed by atoms with E-state index in [-0.39, 0.29) is 38.4 Å². The van der Waals surface area contributed by atoms with E-state index < -0.39 is 0 Å². The Morgan fingerprint density at radius 1 is 0.933 bits per heavy atom. The Hall–Kier alpha value is -1.06. The number of benzene rings is 2. The Labute approximate surface area is 197 Å². The zero-order chi connectivity index (χ0) is 21.6. The average Bonchev–Trinajstić information content (AvgIpc) is 2.62. The molecule has 1 atom stereocenters. The maximum absolute atomic E-state index is 13.1. The fraction of sp³-hybridized carbons (Fsp3) is 0.500. The summed E-state index contributed by atoms with van der Waals surface area (Å²) in [6.07, 6.45) is 4.81. The van der Waals surface area contributed by atoms with Gasteiger partial charge in [-0.1, -0.05) is 65.2 Å². The van der Waals surface area contributed by atoms with Crippen molar-refractivity contribution in [2.75, 3.05) is 6.61 Å². The molecule has 0 saturated carbocycles. The van der Waals surface area contributed by atoms with Crippen LogP contribution in [-0.2, 0) is 5.41 Å². The van der Waals surface area contributed by atoms with Crippen molar-refractivity contribution in [3.63, 3.8) is 0 Å². The van der Waals surface area contributed by atoms with Gasteiger partial charge in [0.2, 0.25) is 0 Å². The van der Waals surface area contributed by atoms with Crippen LogP contribution in [0.25, 0.3) is 0 Å². The molecular formula is C26H38LiO2P. The van der Waals surface area contributed by atoms with Crippen molar-refractivity contribution in [1.82, 2.24) is 0 Å². The summed E-state index contributed by atoms with van der Waals surface area (Å²) in [5, 5.41) is 1.10. The van der Waals surface area contributed by atoms with E-state index in [1.54, 1.807) is 0 Å². The van der Waals surface area contributed by atoms with E-state index in [1.165, 1.54) is 24.8 Å². The minimum absolute atomic E-state index is 0. The third-order valence-corrected chi connectivity index (χ3v) is 6.65. The predicted molar refractivity (Wildman–Crippen MR) is 135 cm³/mol. The summed E-state index contributed by atoms with van der Waals surface area (Å²) >= 11 is 0. The average molecular weight is 421 g/mol. The topological polar surface area (TPSA) is 26.3 Å². The van der Waals surface area contributed by atoms with Crippen LogP contribution in [0.1, 0.15) is 86.0 Å². The maximum atomic E-state index is 13.1. The molecule has 2 rings (SSSR count). The Morgan fingerprint density at radius 3 is 2.10 bits per heavy atom. The number of unbranched alkanes of at least 4 members (excludes halogenated alkanes) is 3. The fourth-order valence-electron chi connectivity index (χ4n) is 3.52. The normalized spacial score (nSPS) is 11.6. The standard InChI is InChI=1S/C26H37O2P.Li.H/c1-8-9-10-11-14-28-22-12-13-23(18(2)17-22)29-25(27)24-19(3)15-21(16-20(24)4)26(5,6)7;;/h12-13,15-17,29H,8-11,14H2,1-7H3;;. The summed E-state index contributed by atoms with van der Waals surface area (Å²) in [6.45, 7) is 15.8. The summed E-state index contributed by atoms with van der Waals surface area (Å²) in [7, 11) is 0.135. The van der Waals surface area contributed by atoms with Crippen molar-refractivity contribution in [2.24, 2.45) is 0 Å². The van der Waals surface area contributed by atoms with Crippen LogP contribution in [-0.4, -0.2) is 31.0 Å². The molecule has 0 aliphatic heterocycles. The second-order valence-corrected chi connectivity index (χ2v) is 10.3. The van der Waals surface area contributed by atoms with Gasteiger partial charge in [0, 0.05) is 5.56 Å². The van der Waals surface area contributed by atoms with Gasteiger partial charge < -0.3 is 4.74 Å². The molecule has 0 bridgehead atoms. The first-order chi connectivity index (χ1) is 13.6. The Balaban J connectivity index is 0.00000450. The van der Waals surface area contributed by atoms with Crippen LogP contribution in [0.4, 0.5) is 0 Å². The molecule has 2 aromatic rings. The van der Waals surface area contributed by atoms with Gasteiger partial charge in [-0.3, -0.25) is 4.79 Å². The van der Waals surface area contributed by atoms with Crippen LogP contribution < -0.4 is 10.0 Å². The molecule has 1 unspecified atom stereocenters. The molecule has 0 aliphatic rings. The molecule has 0 fully saturated rings. The molecule has 0 radical (unpaired) electrons. The predicted octanol–water partition coefficient (Wildman–Crippen LogP) is 6.36. The summed E-state index contributed by atoms with van der Waals surface area (Å²) in [4.78, 5) is 13.1. The quantitative estimate of drug-likeness (QED) is 0.268. The molecular weight excluding hydrogens is 382 g/mol. The molecule has 30 heavy (non-hydrogen) atoms. The van der Waals surface area contributed by atoms with Gasteiger partial charge in [0.25, 0.3) is 0 Å². The minimum atomic E-state index is 0. The van der Waals surface area contributed by atoms with Crippen LogP contribution in [0, 0.1) is 20.8 Å². The third kappa shape index (κ3) is 7.57. The van der Waals surface area contributed by atoms with Crippen molar-refractivity contribution in [3.8, 4) is 5.75 Å². The van der Waals surface area contributed by atoms with E-state index in [1.807, 2.05) is 6.07 Å². The molecule has 0 aliphatic carbocycles. The number of rotatable bonds is 9. The van der Waals surface area contributed by atoms with Crippen molar-refractivity contribution in [1.29, 1.82) is 0 Å². The number of hydrogen-bond donors (Lipinski definition) is 0. The summed E-state index contributed by atoms with van der Waals surface area (Å²) in [6, 6.07) is 10.5. The van der Waals surface area contributed by atoms with Crippen LogP contribution >= 0.6 is 8.58 Å². The van der Waals surface area contributed by atoms with E-state index >= 15 is 0 Å². The first-order valence-corrected chi connectivity index (χ1v) is 11.8. The van der Waals surface area contributed by atoms with E-state index in [2.05, 4.69) is 72.7 Å². The molecule has 4 heteroatoms. The van der Waals surface area contributed by atoms with Crippen molar-refractivity contribution in [3.05, 3.63) is 58.1 Å². The second-order valence-electron chi connectivity index (χ2n) is 9.08. The zero-order valence-corrected chi connectivity index (χ0v) is 20.2. The molecule has 0 heterocycles. The molecule has 0 amide bonds. The van der Waals surface area contributed by atoms with E-state index in [0.717, 1.165) is 46.3 Å². The second kappa shape index (κ2) is 12.1. The molecule has 160 valence electrons. The summed E-state index contributed by atoms with van der Waals surface area (Å²) < 4.78 is 5.88. The zero-order valence-electron chi connectivity index (χ0n) is 19.2. The van der Waals surface area contributed by atoms with Gasteiger partial charge in [0.15, 0.2) is 5.52 Å². The fourth-order valence-corrected chi connectivity index (χ4v) is 4.72.